The van der Waals surface area contributed by atoms with Crippen molar-refractivity contribution in [1.29, 1.82) is 0 Å². The summed E-state index contributed by atoms with van der Waals surface area (Å²) in [5.74, 6) is -0.326. The summed E-state index contributed by atoms with van der Waals surface area (Å²) in [7, 11) is 0. The third kappa shape index (κ3) is 3.11. The van der Waals surface area contributed by atoms with Crippen LogP contribution in [0, 0.1) is 0 Å². The Labute approximate surface area is 140 Å². The predicted molar refractivity (Wildman–Crippen MR) is 89.8 cm³/mol. The lowest BCUT2D eigenvalue weighted by Gasteiger charge is -2.02. The number of amides is 1. The standard InChI is InChI=1S/C15H9Cl2N3OS/c16-11-7-3-1-5-9(11)13(21)18-15-20-19-14(22-15)10-6-2-4-8-12(10)17/h1-8H,(H,18,20,21). The van der Waals surface area contributed by atoms with Gasteiger partial charge in [0, 0.05) is 5.56 Å². The summed E-state index contributed by atoms with van der Waals surface area (Å²) in [4.78, 5) is 12.2. The summed E-state index contributed by atoms with van der Waals surface area (Å²) in [5.41, 5.74) is 1.17. The van der Waals surface area contributed by atoms with Crippen molar-refractivity contribution in [1.82, 2.24) is 10.2 Å². The Morgan fingerprint density at radius 2 is 1.64 bits per heavy atom. The first-order valence-electron chi connectivity index (χ1n) is 6.29. The molecule has 0 atom stereocenters. The molecular formula is C15H9Cl2N3OS. The maximum atomic E-state index is 12.2. The number of benzene rings is 2. The van der Waals surface area contributed by atoms with Crippen molar-refractivity contribution in [3.05, 3.63) is 64.1 Å². The zero-order valence-corrected chi connectivity index (χ0v) is 13.4. The van der Waals surface area contributed by atoms with Crippen molar-refractivity contribution < 1.29 is 4.79 Å². The van der Waals surface area contributed by atoms with E-state index in [2.05, 4.69) is 15.5 Å². The van der Waals surface area contributed by atoms with Crippen LogP contribution in [-0.4, -0.2) is 16.1 Å². The number of carbonyl (C=O) groups excluding carboxylic acids is 1. The summed E-state index contributed by atoms with van der Waals surface area (Å²) >= 11 is 13.4. The summed E-state index contributed by atoms with van der Waals surface area (Å²) in [5, 5.41) is 12.7. The van der Waals surface area contributed by atoms with Crippen molar-refractivity contribution in [3.8, 4) is 10.6 Å². The van der Waals surface area contributed by atoms with Gasteiger partial charge in [0.05, 0.1) is 15.6 Å². The number of nitrogens with zero attached hydrogens (tertiary/aromatic N) is 2. The molecule has 0 radical (unpaired) electrons. The van der Waals surface area contributed by atoms with Crippen LogP contribution in [0.3, 0.4) is 0 Å². The second kappa shape index (κ2) is 6.44. The van der Waals surface area contributed by atoms with E-state index in [1.165, 1.54) is 11.3 Å². The van der Waals surface area contributed by atoms with Gasteiger partial charge in [0.25, 0.3) is 5.91 Å². The van der Waals surface area contributed by atoms with Crippen LogP contribution in [0.5, 0.6) is 0 Å². The Morgan fingerprint density at radius 3 is 2.36 bits per heavy atom. The molecule has 0 bridgehead atoms. The molecule has 1 amide bonds. The SMILES string of the molecule is O=C(Nc1nnc(-c2ccccc2Cl)s1)c1ccccc1Cl. The average molecular weight is 350 g/mol. The average Bonchev–Trinajstić information content (AvgIpc) is 2.96. The van der Waals surface area contributed by atoms with Gasteiger partial charge in [0.1, 0.15) is 0 Å². The number of halogens is 2. The molecule has 0 saturated carbocycles. The predicted octanol–water partition coefficient (Wildman–Crippen LogP) is 4.76. The van der Waals surface area contributed by atoms with Gasteiger partial charge in [-0.05, 0) is 18.2 Å². The zero-order valence-electron chi connectivity index (χ0n) is 11.1. The third-order valence-electron chi connectivity index (χ3n) is 2.87. The highest BCUT2D eigenvalue weighted by atomic mass is 35.5. The molecular weight excluding hydrogens is 341 g/mol. The van der Waals surface area contributed by atoms with Crippen LogP contribution in [0.2, 0.25) is 10.0 Å². The van der Waals surface area contributed by atoms with Crippen LogP contribution in [0.25, 0.3) is 10.6 Å². The molecule has 0 spiro atoms. The van der Waals surface area contributed by atoms with Gasteiger partial charge >= 0.3 is 0 Å². The van der Waals surface area contributed by atoms with Crippen molar-refractivity contribution in [2.75, 3.05) is 5.32 Å². The number of anilines is 1. The van der Waals surface area contributed by atoms with E-state index in [4.69, 9.17) is 23.2 Å². The summed E-state index contributed by atoms with van der Waals surface area (Å²) in [6.07, 6.45) is 0. The molecule has 110 valence electrons. The molecule has 7 heteroatoms. The second-order valence-electron chi connectivity index (χ2n) is 4.33. The molecule has 1 aromatic heterocycles. The van der Waals surface area contributed by atoms with Crippen LogP contribution in [0.15, 0.2) is 48.5 Å². The first-order chi connectivity index (χ1) is 10.6. The lowest BCUT2D eigenvalue weighted by Crippen LogP contribution is -2.12. The van der Waals surface area contributed by atoms with Gasteiger partial charge in [0.2, 0.25) is 5.13 Å². The molecule has 0 aliphatic rings. The smallest absolute Gasteiger partial charge is 0.259 e. The quantitative estimate of drug-likeness (QED) is 0.741. The van der Waals surface area contributed by atoms with Crippen LogP contribution < -0.4 is 5.32 Å². The Kier molecular flexibility index (Phi) is 4.38. The fraction of sp³-hybridized carbons (Fsp3) is 0. The van der Waals surface area contributed by atoms with Gasteiger partial charge in [-0.1, -0.05) is 64.9 Å². The highest BCUT2D eigenvalue weighted by molar-refractivity contribution is 7.18. The normalized spacial score (nSPS) is 10.5. The number of carbonyl (C=O) groups is 1. The lowest BCUT2D eigenvalue weighted by molar-refractivity contribution is 0.102. The fourth-order valence-corrected chi connectivity index (χ4v) is 3.11. The van der Waals surface area contributed by atoms with Gasteiger partial charge in [-0.3, -0.25) is 10.1 Å². The maximum Gasteiger partial charge on any atom is 0.259 e. The molecule has 1 heterocycles. The van der Waals surface area contributed by atoms with Crippen molar-refractivity contribution >= 4 is 45.6 Å². The molecule has 0 aliphatic heterocycles. The molecule has 0 saturated heterocycles. The lowest BCUT2D eigenvalue weighted by atomic mass is 10.2. The van der Waals surface area contributed by atoms with Gasteiger partial charge in [-0.25, -0.2) is 0 Å². The Balaban J connectivity index is 1.82. The Hall–Kier alpha value is -1.95. The van der Waals surface area contributed by atoms with Gasteiger partial charge < -0.3 is 0 Å². The highest BCUT2D eigenvalue weighted by Crippen LogP contribution is 2.31. The summed E-state index contributed by atoms with van der Waals surface area (Å²) < 4.78 is 0. The number of nitrogens with one attached hydrogen (secondary N) is 1. The molecule has 0 unspecified atom stereocenters. The van der Waals surface area contributed by atoms with Crippen LogP contribution in [-0.2, 0) is 0 Å². The monoisotopic (exact) mass is 349 g/mol. The largest absolute Gasteiger partial charge is 0.296 e. The highest BCUT2D eigenvalue weighted by Gasteiger charge is 2.14. The van der Waals surface area contributed by atoms with E-state index in [0.29, 0.717) is 25.7 Å². The molecule has 2 aromatic carbocycles. The molecule has 3 rings (SSSR count). The topological polar surface area (TPSA) is 54.9 Å². The fourth-order valence-electron chi connectivity index (χ4n) is 1.83. The van der Waals surface area contributed by atoms with E-state index in [0.717, 1.165) is 5.56 Å². The minimum atomic E-state index is -0.326. The number of hydrogen-bond donors (Lipinski definition) is 1. The Morgan fingerprint density at radius 1 is 0.955 bits per heavy atom. The van der Waals surface area contributed by atoms with E-state index in [9.17, 15) is 4.79 Å². The Bertz CT molecular complexity index is 835. The first kappa shape index (κ1) is 15.0. The van der Waals surface area contributed by atoms with Gasteiger partial charge in [-0.2, -0.15) is 0 Å². The third-order valence-corrected chi connectivity index (χ3v) is 4.40. The van der Waals surface area contributed by atoms with Crippen LogP contribution >= 0.6 is 34.5 Å². The second-order valence-corrected chi connectivity index (χ2v) is 6.12. The van der Waals surface area contributed by atoms with Crippen molar-refractivity contribution in [3.63, 3.8) is 0 Å². The van der Waals surface area contributed by atoms with Crippen LogP contribution in [0.4, 0.5) is 5.13 Å². The maximum absolute atomic E-state index is 12.2. The summed E-state index contributed by atoms with van der Waals surface area (Å²) in [6.45, 7) is 0. The minimum Gasteiger partial charge on any atom is -0.296 e. The van der Waals surface area contributed by atoms with Gasteiger partial charge in [0.15, 0.2) is 5.01 Å². The molecule has 22 heavy (non-hydrogen) atoms. The minimum absolute atomic E-state index is 0.326. The molecule has 3 aromatic rings. The number of hydrogen-bond acceptors (Lipinski definition) is 4. The van der Waals surface area contributed by atoms with E-state index in [1.54, 1.807) is 30.3 Å². The number of aromatic nitrogens is 2. The molecule has 0 fully saturated rings. The molecule has 4 nitrogen and oxygen atoms in total. The zero-order chi connectivity index (χ0) is 15.5. The van der Waals surface area contributed by atoms with Gasteiger partial charge in [-0.15, -0.1) is 10.2 Å². The molecule has 0 aliphatic carbocycles. The van der Waals surface area contributed by atoms with Crippen molar-refractivity contribution in [2.24, 2.45) is 0 Å². The van der Waals surface area contributed by atoms with Crippen LogP contribution in [0.1, 0.15) is 10.4 Å². The van der Waals surface area contributed by atoms with E-state index in [1.807, 2.05) is 18.2 Å². The van der Waals surface area contributed by atoms with Crippen molar-refractivity contribution in [2.45, 2.75) is 0 Å². The number of rotatable bonds is 3. The summed E-state index contributed by atoms with van der Waals surface area (Å²) in [6, 6.07) is 14.1. The van der Waals surface area contributed by atoms with E-state index >= 15 is 0 Å². The van der Waals surface area contributed by atoms with E-state index in [-0.39, 0.29) is 5.91 Å². The molecule has 1 N–H and O–H groups in total. The first-order valence-corrected chi connectivity index (χ1v) is 7.86. The van der Waals surface area contributed by atoms with E-state index < -0.39 is 0 Å².